The van der Waals surface area contributed by atoms with Crippen molar-refractivity contribution >= 4 is 57.8 Å². The fraction of sp³-hybridized carbons (Fsp3) is 0.294. The third kappa shape index (κ3) is 4.52. The Morgan fingerprint density at radius 1 is 1.47 bits per heavy atom. The molecule has 32 heavy (non-hydrogen) atoms. The molecule has 15 heteroatoms. The van der Waals surface area contributed by atoms with Gasteiger partial charge in [0.25, 0.3) is 11.8 Å². The number of nitrogens with zero attached hydrogens (tertiary/aromatic N) is 3. The summed E-state index contributed by atoms with van der Waals surface area (Å²) in [4.78, 5) is 53.0. The van der Waals surface area contributed by atoms with E-state index in [1.807, 2.05) is 0 Å². The molecule has 3 amide bonds. The molecular formula is C17H18N6O7S2. The first-order chi connectivity index (χ1) is 15.3. The number of carbonyl (C=O) groups is 4. The highest BCUT2D eigenvalue weighted by molar-refractivity contribution is 8.00. The summed E-state index contributed by atoms with van der Waals surface area (Å²) >= 11 is 2.29. The standard InChI is InChI=1S/C17H18N6O7S2/c1-19-17(28)30-4-2-3-7-5-31-14-10(13(25)23(14)11(7)15(26)27)21-12(24)9(22-29)8-6-32-16(18)20-8/h2-3,6,10,14,29H,4-5H2,1H3,(H2,18,20)(H,19,28)(H,21,24)(H,26,27)/b3-2-,22-9-/t10?,14-/m1/s1. The lowest BCUT2D eigenvalue weighted by molar-refractivity contribution is -0.150. The number of hydrogen-bond donors (Lipinski definition) is 5. The van der Waals surface area contributed by atoms with Gasteiger partial charge in [-0.15, -0.1) is 23.1 Å². The van der Waals surface area contributed by atoms with Crippen molar-refractivity contribution in [3.63, 3.8) is 0 Å². The molecule has 2 aliphatic rings. The van der Waals surface area contributed by atoms with Crippen LogP contribution in [-0.2, 0) is 19.1 Å². The lowest BCUT2D eigenvalue weighted by atomic mass is 10.0. The Morgan fingerprint density at radius 2 is 2.22 bits per heavy atom. The summed E-state index contributed by atoms with van der Waals surface area (Å²) in [5, 5.41) is 27.4. The third-order valence-electron chi connectivity index (χ3n) is 4.40. The van der Waals surface area contributed by atoms with E-state index in [9.17, 15) is 29.5 Å². The number of aliphatic carboxylic acids is 1. The average molecular weight is 483 g/mol. The number of oxime groups is 1. The van der Waals surface area contributed by atoms with Crippen molar-refractivity contribution in [2.75, 3.05) is 25.1 Å². The molecule has 2 aliphatic heterocycles. The van der Waals surface area contributed by atoms with Gasteiger partial charge in [0, 0.05) is 18.2 Å². The normalized spacial score (nSPS) is 20.6. The summed E-state index contributed by atoms with van der Waals surface area (Å²) in [6.45, 7) is -0.0821. The van der Waals surface area contributed by atoms with E-state index in [4.69, 9.17) is 10.5 Å². The predicted molar refractivity (Wildman–Crippen MR) is 114 cm³/mol. The number of thiazole rings is 1. The van der Waals surface area contributed by atoms with Gasteiger partial charge in [0.1, 0.15) is 29.4 Å². The molecule has 1 aromatic heterocycles. The second-order valence-electron chi connectivity index (χ2n) is 6.31. The van der Waals surface area contributed by atoms with Crippen LogP contribution in [0, 0.1) is 0 Å². The maximum atomic E-state index is 12.7. The quantitative estimate of drug-likeness (QED) is 0.147. The number of ether oxygens (including phenoxy) is 1. The largest absolute Gasteiger partial charge is 0.477 e. The molecule has 1 saturated heterocycles. The zero-order valence-corrected chi connectivity index (χ0v) is 18.1. The van der Waals surface area contributed by atoms with Crippen molar-refractivity contribution < 1.29 is 34.2 Å². The second-order valence-corrected chi connectivity index (χ2v) is 8.31. The van der Waals surface area contributed by atoms with Gasteiger partial charge in [-0.25, -0.2) is 14.6 Å². The number of nitrogens with one attached hydrogen (secondary N) is 2. The van der Waals surface area contributed by atoms with Crippen LogP contribution >= 0.6 is 23.1 Å². The molecule has 1 aromatic rings. The summed E-state index contributed by atoms with van der Waals surface area (Å²) in [6.07, 6.45) is 2.29. The fourth-order valence-electron chi connectivity index (χ4n) is 2.98. The van der Waals surface area contributed by atoms with E-state index < -0.39 is 41.0 Å². The van der Waals surface area contributed by atoms with Crippen molar-refractivity contribution in [1.29, 1.82) is 0 Å². The minimum Gasteiger partial charge on any atom is -0.477 e. The summed E-state index contributed by atoms with van der Waals surface area (Å²) in [5.74, 6) is -2.55. The van der Waals surface area contributed by atoms with E-state index in [2.05, 4.69) is 20.8 Å². The summed E-state index contributed by atoms with van der Waals surface area (Å²) < 4.78 is 4.81. The van der Waals surface area contributed by atoms with Crippen molar-refractivity contribution in [3.05, 3.63) is 34.5 Å². The fourth-order valence-corrected chi connectivity index (χ4v) is 4.84. The number of alkyl carbamates (subject to hydrolysis) is 1. The van der Waals surface area contributed by atoms with Crippen molar-refractivity contribution in [3.8, 4) is 0 Å². The first kappa shape index (κ1) is 23.1. The Hall–Kier alpha value is -3.59. The minimum absolute atomic E-state index is 0.0462. The van der Waals surface area contributed by atoms with Crippen molar-refractivity contribution in [2.45, 2.75) is 11.4 Å². The molecule has 170 valence electrons. The Morgan fingerprint density at radius 3 is 2.81 bits per heavy atom. The molecule has 0 aliphatic carbocycles. The molecule has 0 aromatic carbocycles. The van der Waals surface area contributed by atoms with Gasteiger partial charge >= 0.3 is 12.1 Å². The molecule has 2 atom stereocenters. The first-order valence-corrected chi connectivity index (χ1v) is 10.9. The predicted octanol–water partition coefficient (Wildman–Crippen LogP) is -0.446. The SMILES string of the molecule is CNC(=O)OC/C=C\C1=C(C(=O)O)N2C(=O)C(NC(=O)/C(=N\O)c3csc(N)n3)[C@H]2SC1. The number of allylic oxidation sites excluding steroid dienone is 1. The number of β-lactam (4-membered cyclic amide) rings is 1. The number of anilines is 1. The van der Waals surface area contributed by atoms with Gasteiger partial charge in [-0.2, -0.15) is 0 Å². The molecule has 0 bridgehead atoms. The van der Waals surface area contributed by atoms with Crippen LogP contribution in [0.3, 0.4) is 0 Å². The van der Waals surface area contributed by atoms with Crippen LogP contribution < -0.4 is 16.4 Å². The summed E-state index contributed by atoms with van der Waals surface area (Å²) in [7, 11) is 1.40. The number of amides is 3. The van der Waals surface area contributed by atoms with E-state index >= 15 is 0 Å². The number of nitrogens with two attached hydrogens (primary N) is 1. The third-order valence-corrected chi connectivity index (χ3v) is 6.38. The van der Waals surface area contributed by atoms with E-state index in [0.29, 0.717) is 5.57 Å². The molecule has 0 spiro atoms. The Bertz CT molecular complexity index is 1050. The van der Waals surface area contributed by atoms with Crippen LogP contribution in [-0.4, -0.2) is 80.6 Å². The number of fused-ring (bicyclic) bond motifs is 1. The van der Waals surface area contributed by atoms with Gasteiger partial charge in [-0.05, 0) is 11.6 Å². The Balaban J connectivity index is 1.72. The van der Waals surface area contributed by atoms with E-state index in [1.165, 1.54) is 36.3 Å². The first-order valence-electron chi connectivity index (χ1n) is 8.95. The molecule has 1 fully saturated rings. The monoisotopic (exact) mass is 482 g/mol. The molecule has 1 unspecified atom stereocenters. The zero-order chi connectivity index (χ0) is 23.4. The Kier molecular flexibility index (Phi) is 6.99. The van der Waals surface area contributed by atoms with E-state index in [0.717, 1.165) is 16.2 Å². The van der Waals surface area contributed by atoms with Crippen LogP contribution in [0.2, 0.25) is 0 Å². The van der Waals surface area contributed by atoms with Crippen molar-refractivity contribution in [1.82, 2.24) is 20.5 Å². The second kappa shape index (κ2) is 9.69. The van der Waals surface area contributed by atoms with Crippen LogP contribution in [0.5, 0.6) is 0 Å². The number of nitrogen functional groups attached to an aromatic ring is 1. The highest BCUT2D eigenvalue weighted by atomic mass is 32.2. The minimum atomic E-state index is -1.31. The molecular weight excluding hydrogens is 464 g/mol. The van der Waals surface area contributed by atoms with Crippen LogP contribution in [0.15, 0.2) is 34.0 Å². The van der Waals surface area contributed by atoms with E-state index in [1.54, 1.807) is 0 Å². The van der Waals surface area contributed by atoms with Crippen LogP contribution in [0.4, 0.5) is 9.93 Å². The topological polar surface area (TPSA) is 197 Å². The molecule has 6 N–H and O–H groups in total. The lowest BCUT2D eigenvalue weighted by Gasteiger charge is -2.49. The highest BCUT2D eigenvalue weighted by Crippen LogP contribution is 2.40. The number of carbonyl (C=O) groups excluding carboxylic acids is 3. The van der Waals surface area contributed by atoms with Crippen molar-refractivity contribution in [2.24, 2.45) is 5.16 Å². The highest BCUT2D eigenvalue weighted by Gasteiger charge is 2.54. The number of thioether (sulfide) groups is 1. The zero-order valence-electron chi connectivity index (χ0n) is 16.5. The number of rotatable bonds is 7. The smallest absolute Gasteiger partial charge is 0.407 e. The van der Waals surface area contributed by atoms with Gasteiger partial charge < -0.3 is 31.4 Å². The van der Waals surface area contributed by atoms with Gasteiger partial charge in [0.15, 0.2) is 10.8 Å². The summed E-state index contributed by atoms with van der Waals surface area (Å²) in [6, 6.07) is -1.02. The molecule has 0 radical (unpaired) electrons. The number of hydrogen-bond acceptors (Lipinski definition) is 11. The van der Waals surface area contributed by atoms with Crippen LogP contribution in [0.25, 0.3) is 0 Å². The van der Waals surface area contributed by atoms with Gasteiger partial charge in [0.05, 0.1) is 0 Å². The van der Waals surface area contributed by atoms with Gasteiger partial charge in [-0.3, -0.25) is 14.5 Å². The number of carboxylic acids is 1. The Labute approximate surface area is 189 Å². The summed E-state index contributed by atoms with van der Waals surface area (Å²) in [5.41, 5.74) is 5.29. The number of carboxylic acid groups (broad SMARTS) is 1. The molecule has 0 saturated carbocycles. The molecule has 13 nitrogen and oxygen atoms in total. The maximum Gasteiger partial charge on any atom is 0.407 e. The van der Waals surface area contributed by atoms with Gasteiger partial charge in [-0.1, -0.05) is 11.2 Å². The van der Waals surface area contributed by atoms with Crippen LogP contribution in [0.1, 0.15) is 5.69 Å². The average Bonchev–Trinajstić information content (AvgIpc) is 3.20. The molecule has 3 heterocycles. The number of aromatic nitrogens is 1. The molecule has 3 rings (SSSR count). The van der Waals surface area contributed by atoms with Gasteiger partial charge in [0.2, 0.25) is 0 Å². The lowest BCUT2D eigenvalue weighted by Crippen LogP contribution is -2.71. The maximum absolute atomic E-state index is 12.7. The van der Waals surface area contributed by atoms with E-state index in [-0.39, 0.29) is 28.9 Å².